The van der Waals surface area contributed by atoms with Gasteiger partial charge in [0.25, 0.3) is 0 Å². The van der Waals surface area contributed by atoms with Gasteiger partial charge in [0, 0.05) is 15.6 Å². The van der Waals surface area contributed by atoms with E-state index in [1.807, 2.05) is 19.1 Å². The van der Waals surface area contributed by atoms with E-state index in [2.05, 4.69) is 5.32 Å². The highest BCUT2D eigenvalue weighted by Gasteiger charge is 2.17. The summed E-state index contributed by atoms with van der Waals surface area (Å²) < 4.78 is 5.29. The summed E-state index contributed by atoms with van der Waals surface area (Å²) in [7, 11) is 0. The van der Waals surface area contributed by atoms with Crippen LogP contribution < -0.4 is 5.32 Å². The highest BCUT2D eigenvalue weighted by atomic mass is 35.5. The van der Waals surface area contributed by atoms with Crippen LogP contribution in [-0.2, 0) is 16.1 Å². The van der Waals surface area contributed by atoms with Crippen LogP contribution in [0, 0.1) is 6.92 Å². The van der Waals surface area contributed by atoms with E-state index in [0.29, 0.717) is 20.6 Å². The number of carbonyl (C=O) groups is 1. The first kappa shape index (κ1) is 17.9. The summed E-state index contributed by atoms with van der Waals surface area (Å²) in [6, 6.07) is 10.0. The summed E-state index contributed by atoms with van der Waals surface area (Å²) in [6.45, 7) is 3.72. The molecule has 0 aliphatic carbocycles. The maximum atomic E-state index is 12.1. The first-order valence-electron chi connectivity index (χ1n) is 7.00. The standard InChI is InChI=1S/C17H16Cl3NO2/c1-10-4-3-5-14(19)16(10)21-11(2)17(22)23-9-12-6-7-13(18)8-15(12)20/h3-8,11,21H,9H2,1-2H3. The molecule has 0 bridgehead atoms. The number of nitrogens with one attached hydrogen (secondary N) is 1. The Balaban J connectivity index is 1.97. The molecule has 2 aromatic carbocycles. The Morgan fingerprint density at radius 1 is 1.17 bits per heavy atom. The molecule has 23 heavy (non-hydrogen) atoms. The zero-order valence-corrected chi connectivity index (χ0v) is 15.0. The van der Waals surface area contributed by atoms with Gasteiger partial charge >= 0.3 is 5.97 Å². The number of rotatable bonds is 5. The van der Waals surface area contributed by atoms with Crippen molar-refractivity contribution in [1.29, 1.82) is 0 Å². The fourth-order valence-corrected chi connectivity index (χ4v) is 2.74. The fourth-order valence-electron chi connectivity index (χ4n) is 2.00. The Morgan fingerprint density at radius 3 is 2.57 bits per heavy atom. The molecule has 0 amide bonds. The SMILES string of the molecule is Cc1cccc(Cl)c1NC(C)C(=O)OCc1ccc(Cl)cc1Cl. The first-order chi connectivity index (χ1) is 10.9. The maximum Gasteiger partial charge on any atom is 0.328 e. The maximum absolute atomic E-state index is 12.1. The summed E-state index contributed by atoms with van der Waals surface area (Å²) in [4.78, 5) is 12.1. The molecule has 0 radical (unpaired) electrons. The molecule has 3 nitrogen and oxygen atoms in total. The predicted octanol–water partition coefficient (Wildman–Crippen LogP) is 5.50. The predicted molar refractivity (Wildman–Crippen MR) is 95.5 cm³/mol. The van der Waals surface area contributed by atoms with Crippen molar-refractivity contribution in [3.8, 4) is 0 Å². The second kappa shape index (κ2) is 7.91. The summed E-state index contributed by atoms with van der Waals surface area (Å²) >= 11 is 18.0. The third-order valence-electron chi connectivity index (χ3n) is 3.32. The monoisotopic (exact) mass is 371 g/mol. The van der Waals surface area contributed by atoms with E-state index in [9.17, 15) is 4.79 Å². The van der Waals surface area contributed by atoms with Crippen LogP contribution in [-0.4, -0.2) is 12.0 Å². The molecular formula is C17H16Cl3NO2. The minimum Gasteiger partial charge on any atom is -0.459 e. The number of halogens is 3. The van der Waals surface area contributed by atoms with Gasteiger partial charge in [-0.1, -0.05) is 53.0 Å². The van der Waals surface area contributed by atoms with E-state index in [1.54, 1.807) is 31.2 Å². The molecule has 0 saturated carbocycles. The van der Waals surface area contributed by atoms with Crippen molar-refractivity contribution in [2.45, 2.75) is 26.5 Å². The van der Waals surface area contributed by atoms with E-state index in [-0.39, 0.29) is 6.61 Å². The van der Waals surface area contributed by atoms with Crippen molar-refractivity contribution in [2.75, 3.05) is 5.32 Å². The molecule has 0 saturated heterocycles. The molecule has 2 aromatic rings. The number of hydrogen-bond donors (Lipinski definition) is 1. The van der Waals surface area contributed by atoms with Crippen molar-refractivity contribution >= 4 is 46.5 Å². The minimum atomic E-state index is -0.542. The Bertz CT molecular complexity index is 699. The van der Waals surface area contributed by atoms with Crippen LogP contribution in [0.3, 0.4) is 0 Å². The molecule has 0 fully saturated rings. The summed E-state index contributed by atoms with van der Waals surface area (Å²) in [6.07, 6.45) is 0. The van der Waals surface area contributed by atoms with Crippen molar-refractivity contribution < 1.29 is 9.53 Å². The zero-order chi connectivity index (χ0) is 17.0. The molecule has 2 rings (SSSR count). The number of aryl methyl sites for hydroxylation is 1. The first-order valence-corrected chi connectivity index (χ1v) is 8.14. The average molecular weight is 373 g/mol. The molecular weight excluding hydrogens is 357 g/mol. The number of benzene rings is 2. The van der Waals surface area contributed by atoms with E-state index in [1.165, 1.54) is 0 Å². The number of esters is 1. The number of anilines is 1. The van der Waals surface area contributed by atoms with Gasteiger partial charge in [0.2, 0.25) is 0 Å². The minimum absolute atomic E-state index is 0.0857. The van der Waals surface area contributed by atoms with Gasteiger partial charge in [-0.2, -0.15) is 0 Å². The molecule has 122 valence electrons. The number of ether oxygens (including phenoxy) is 1. The highest BCUT2D eigenvalue weighted by molar-refractivity contribution is 6.35. The molecule has 1 N–H and O–H groups in total. The van der Waals surface area contributed by atoms with Crippen LogP contribution in [0.2, 0.25) is 15.1 Å². The van der Waals surface area contributed by atoms with Gasteiger partial charge in [0.1, 0.15) is 12.6 Å². The second-order valence-electron chi connectivity index (χ2n) is 5.14. The van der Waals surface area contributed by atoms with Crippen molar-refractivity contribution in [1.82, 2.24) is 0 Å². The fraction of sp³-hybridized carbons (Fsp3) is 0.235. The van der Waals surface area contributed by atoms with Gasteiger partial charge < -0.3 is 10.1 Å². The lowest BCUT2D eigenvalue weighted by molar-refractivity contribution is -0.145. The normalized spacial score (nSPS) is 11.9. The number of carbonyl (C=O) groups excluding carboxylic acids is 1. The van der Waals surface area contributed by atoms with E-state index < -0.39 is 12.0 Å². The molecule has 1 unspecified atom stereocenters. The van der Waals surface area contributed by atoms with Crippen LogP contribution >= 0.6 is 34.8 Å². The van der Waals surface area contributed by atoms with Crippen LogP contribution in [0.25, 0.3) is 0 Å². The van der Waals surface area contributed by atoms with Gasteiger partial charge in [-0.05, 0) is 37.6 Å². The van der Waals surface area contributed by atoms with Gasteiger partial charge in [-0.15, -0.1) is 0 Å². The quantitative estimate of drug-likeness (QED) is 0.704. The van der Waals surface area contributed by atoms with E-state index >= 15 is 0 Å². The second-order valence-corrected chi connectivity index (χ2v) is 6.39. The summed E-state index contributed by atoms with van der Waals surface area (Å²) in [5, 5.41) is 4.64. The van der Waals surface area contributed by atoms with E-state index in [0.717, 1.165) is 11.3 Å². The number of hydrogen-bond acceptors (Lipinski definition) is 3. The lowest BCUT2D eigenvalue weighted by atomic mass is 10.2. The van der Waals surface area contributed by atoms with E-state index in [4.69, 9.17) is 39.5 Å². The Kier molecular flexibility index (Phi) is 6.17. The lowest BCUT2D eigenvalue weighted by Gasteiger charge is -2.17. The van der Waals surface area contributed by atoms with Gasteiger partial charge in [0.05, 0.1) is 10.7 Å². The smallest absolute Gasteiger partial charge is 0.328 e. The molecule has 0 aliphatic rings. The topological polar surface area (TPSA) is 38.3 Å². The van der Waals surface area contributed by atoms with Gasteiger partial charge in [-0.25, -0.2) is 4.79 Å². The van der Waals surface area contributed by atoms with Crippen molar-refractivity contribution in [3.63, 3.8) is 0 Å². The lowest BCUT2D eigenvalue weighted by Crippen LogP contribution is -2.28. The molecule has 6 heteroatoms. The molecule has 0 heterocycles. The molecule has 0 aliphatic heterocycles. The van der Waals surface area contributed by atoms with Gasteiger partial charge in [0.15, 0.2) is 0 Å². The third kappa shape index (κ3) is 4.77. The Morgan fingerprint density at radius 2 is 1.91 bits per heavy atom. The summed E-state index contributed by atoms with van der Waals surface area (Å²) in [5.41, 5.74) is 2.38. The van der Waals surface area contributed by atoms with Crippen LogP contribution in [0.15, 0.2) is 36.4 Å². The molecule has 0 aromatic heterocycles. The highest BCUT2D eigenvalue weighted by Crippen LogP contribution is 2.26. The average Bonchev–Trinajstić information content (AvgIpc) is 2.49. The molecule has 0 spiro atoms. The Hall–Kier alpha value is -1.42. The zero-order valence-electron chi connectivity index (χ0n) is 12.7. The largest absolute Gasteiger partial charge is 0.459 e. The summed E-state index contributed by atoms with van der Waals surface area (Å²) in [5.74, 6) is -0.393. The van der Waals surface area contributed by atoms with Crippen LogP contribution in [0.1, 0.15) is 18.1 Å². The van der Waals surface area contributed by atoms with Crippen LogP contribution in [0.4, 0.5) is 5.69 Å². The molecule has 1 atom stereocenters. The third-order valence-corrected chi connectivity index (χ3v) is 4.22. The van der Waals surface area contributed by atoms with Crippen molar-refractivity contribution in [3.05, 3.63) is 62.6 Å². The Labute approximate surface area is 150 Å². The van der Waals surface area contributed by atoms with Crippen LogP contribution in [0.5, 0.6) is 0 Å². The van der Waals surface area contributed by atoms with Gasteiger partial charge in [-0.3, -0.25) is 0 Å². The number of para-hydroxylation sites is 1. The van der Waals surface area contributed by atoms with Crippen molar-refractivity contribution in [2.24, 2.45) is 0 Å².